The minimum Gasteiger partial charge on any atom is -0.382 e. The first-order valence-corrected chi connectivity index (χ1v) is 7.33. The number of benzene rings is 1. The first kappa shape index (κ1) is 14.8. The molecule has 2 rings (SSSR count). The van der Waals surface area contributed by atoms with Crippen molar-refractivity contribution >= 4 is 11.4 Å². The summed E-state index contributed by atoms with van der Waals surface area (Å²) in [6.45, 7) is 7.81. The van der Waals surface area contributed by atoms with Crippen LogP contribution in [0.3, 0.4) is 0 Å². The number of hydrogen-bond donors (Lipinski definition) is 1. The molecular formula is C15H23N3O2. The van der Waals surface area contributed by atoms with Crippen LogP contribution >= 0.6 is 0 Å². The molecule has 0 spiro atoms. The Balaban J connectivity index is 1.93. The molecule has 5 heteroatoms. The summed E-state index contributed by atoms with van der Waals surface area (Å²) >= 11 is 0. The smallest absolute Gasteiger partial charge is 0.271 e. The van der Waals surface area contributed by atoms with Crippen LogP contribution in [0.15, 0.2) is 24.3 Å². The fraction of sp³-hybridized carbons (Fsp3) is 0.600. The number of nitro groups is 1. The van der Waals surface area contributed by atoms with E-state index in [2.05, 4.69) is 24.1 Å². The summed E-state index contributed by atoms with van der Waals surface area (Å²) in [5.74, 6) is 0.636. The first-order valence-electron chi connectivity index (χ1n) is 7.33. The van der Waals surface area contributed by atoms with Crippen LogP contribution in [0.2, 0.25) is 0 Å². The first-order chi connectivity index (χ1) is 9.60. The van der Waals surface area contributed by atoms with Gasteiger partial charge in [0.05, 0.1) is 4.92 Å². The van der Waals surface area contributed by atoms with Gasteiger partial charge in [0.15, 0.2) is 0 Å². The second-order valence-electron chi connectivity index (χ2n) is 5.51. The third kappa shape index (κ3) is 3.70. The maximum atomic E-state index is 10.8. The Labute approximate surface area is 120 Å². The van der Waals surface area contributed by atoms with E-state index in [1.54, 1.807) is 12.1 Å². The highest BCUT2D eigenvalue weighted by atomic mass is 16.6. The summed E-state index contributed by atoms with van der Waals surface area (Å²) in [6, 6.07) is 7.10. The Hall–Kier alpha value is -1.62. The molecule has 1 aliphatic heterocycles. The number of nitrogens with zero attached hydrogens (tertiary/aromatic N) is 2. The number of nitrogens with one attached hydrogen (secondary N) is 1. The van der Waals surface area contributed by atoms with Crippen molar-refractivity contribution in [3.05, 3.63) is 34.4 Å². The Kier molecular flexibility index (Phi) is 4.95. The molecule has 1 aromatic rings. The van der Waals surface area contributed by atoms with Crippen molar-refractivity contribution < 1.29 is 4.92 Å². The summed E-state index contributed by atoms with van der Waals surface area (Å²) in [5, 5.41) is 14.2. The standard InChI is InChI=1S/C15H23N3O2/c1-3-17-9-7-13(8-10-17)12(2)16-14-5-4-6-15(11-14)18(19)20/h4-6,11-13,16H,3,7-10H2,1-2H3. The molecule has 0 aliphatic carbocycles. The molecule has 0 saturated carbocycles. The van der Waals surface area contributed by atoms with Crippen LogP contribution in [-0.2, 0) is 0 Å². The zero-order chi connectivity index (χ0) is 14.5. The highest BCUT2D eigenvalue weighted by Gasteiger charge is 2.23. The third-order valence-electron chi connectivity index (χ3n) is 4.24. The summed E-state index contributed by atoms with van der Waals surface area (Å²) < 4.78 is 0. The predicted molar refractivity (Wildman–Crippen MR) is 81.0 cm³/mol. The Morgan fingerprint density at radius 3 is 2.75 bits per heavy atom. The molecule has 110 valence electrons. The summed E-state index contributed by atoms with van der Waals surface area (Å²) in [6.07, 6.45) is 2.38. The maximum Gasteiger partial charge on any atom is 0.271 e. The van der Waals surface area contributed by atoms with Gasteiger partial charge in [-0.2, -0.15) is 0 Å². The lowest BCUT2D eigenvalue weighted by molar-refractivity contribution is -0.384. The number of hydrogen-bond acceptors (Lipinski definition) is 4. The van der Waals surface area contributed by atoms with E-state index in [-0.39, 0.29) is 10.6 Å². The molecule has 0 amide bonds. The summed E-state index contributed by atoms with van der Waals surface area (Å²) in [5.41, 5.74) is 0.979. The summed E-state index contributed by atoms with van der Waals surface area (Å²) in [4.78, 5) is 12.9. The molecule has 0 bridgehead atoms. The molecule has 1 saturated heterocycles. The number of rotatable bonds is 5. The van der Waals surface area contributed by atoms with Gasteiger partial charge in [-0.05, 0) is 51.4 Å². The lowest BCUT2D eigenvalue weighted by Crippen LogP contribution is -2.39. The molecule has 5 nitrogen and oxygen atoms in total. The molecular weight excluding hydrogens is 254 g/mol. The minimum atomic E-state index is -0.352. The molecule has 1 fully saturated rings. The van der Waals surface area contributed by atoms with Gasteiger partial charge >= 0.3 is 0 Å². The zero-order valence-electron chi connectivity index (χ0n) is 12.2. The average Bonchev–Trinajstić information content (AvgIpc) is 2.47. The number of non-ortho nitro benzene ring substituents is 1. The van der Waals surface area contributed by atoms with Crippen molar-refractivity contribution in [2.45, 2.75) is 32.7 Å². The highest BCUT2D eigenvalue weighted by molar-refractivity contribution is 5.51. The van der Waals surface area contributed by atoms with Crippen molar-refractivity contribution in [3.63, 3.8) is 0 Å². The van der Waals surface area contributed by atoms with E-state index in [1.165, 1.54) is 18.9 Å². The topological polar surface area (TPSA) is 58.4 Å². The molecule has 1 atom stereocenters. The number of anilines is 1. The fourth-order valence-corrected chi connectivity index (χ4v) is 2.86. The molecule has 20 heavy (non-hydrogen) atoms. The van der Waals surface area contributed by atoms with Gasteiger partial charge in [-0.15, -0.1) is 0 Å². The predicted octanol–water partition coefficient (Wildman–Crippen LogP) is 3.13. The van der Waals surface area contributed by atoms with Crippen LogP contribution in [0.1, 0.15) is 26.7 Å². The van der Waals surface area contributed by atoms with Crippen LogP contribution < -0.4 is 5.32 Å². The highest BCUT2D eigenvalue weighted by Crippen LogP contribution is 2.24. The van der Waals surface area contributed by atoms with Gasteiger partial charge in [-0.25, -0.2) is 0 Å². The quantitative estimate of drug-likeness (QED) is 0.663. The molecule has 1 aliphatic rings. The van der Waals surface area contributed by atoms with Crippen LogP contribution in [-0.4, -0.2) is 35.5 Å². The fourth-order valence-electron chi connectivity index (χ4n) is 2.86. The van der Waals surface area contributed by atoms with Gasteiger partial charge in [0.1, 0.15) is 0 Å². The van der Waals surface area contributed by atoms with Gasteiger partial charge < -0.3 is 10.2 Å². The maximum absolute atomic E-state index is 10.8. The van der Waals surface area contributed by atoms with E-state index in [4.69, 9.17) is 0 Å². The molecule has 1 unspecified atom stereocenters. The molecule has 1 N–H and O–H groups in total. The Morgan fingerprint density at radius 2 is 2.15 bits per heavy atom. The van der Waals surface area contributed by atoms with Gasteiger partial charge in [-0.3, -0.25) is 10.1 Å². The normalized spacial score (nSPS) is 18.7. The van der Waals surface area contributed by atoms with Crippen molar-refractivity contribution in [1.82, 2.24) is 4.90 Å². The van der Waals surface area contributed by atoms with Crippen molar-refractivity contribution in [2.24, 2.45) is 5.92 Å². The molecule has 1 heterocycles. The SMILES string of the molecule is CCN1CCC(C(C)Nc2cccc([N+](=O)[O-])c2)CC1. The van der Waals surface area contributed by atoms with Gasteiger partial charge in [-0.1, -0.05) is 13.0 Å². The number of likely N-dealkylation sites (tertiary alicyclic amines) is 1. The lowest BCUT2D eigenvalue weighted by atomic mass is 9.90. The van der Waals surface area contributed by atoms with E-state index in [1.807, 2.05) is 6.07 Å². The molecule has 0 aromatic heterocycles. The Morgan fingerprint density at radius 1 is 1.45 bits per heavy atom. The van der Waals surface area contributed by atoms with Crippen molar-refractivity contribution in [3.8, 4) is 0 Å². The summed E-state index contributed by atoms with van der Waals surface area (Å²) in [7, 11) is 0. The average molecular weight is 277 g/mol. The van der Waals surface area contributed by atoms with Crippen LogP contribution in [0.4, 0.5) is 11.4 Å². The largest absolute Gasteiger partial charge is 0.382 e. The van der Waals surface area contributed by atoms with Crippen LogP contribution in [0.5, 0.6) is 0 Å². The minimum absolute atomic E-state index is 0.142. The van der Waals surface area contributed by atoms with Crippen LogP contribution in [0, 0.1) is 16.0 Å². The second-order valence-corrected chi connectivity index (χ2v) is 5.51. The van der Waals surface area contributed by atoms with Gasteiger partial charge in [0.2, 0.25) is 0 Å². The monoisotopic (exact) mass is 277 g/mol. The molecule has 1 aromatic carbocycles. The van der Waals surface area contributed by atoms with E-state index in [9.17, 15) is 10.1 Å². The van der Waals surface area contributed by atoms with Crippen molar-refractivity contribution in [1.29, 1.82) is 0 Å². The van der Waals surface area contributed by atoms with Gasteiger partial charge in [0.25, 0.3) is 5.69 Å². The number of piperidine rings is 1. The zero-order valence-corrected chi connectivity index (χ0v) is 12.2. The van der Waals surface area contributed by atoms with Crippen LogP contribution in [0.25, 0.3) is 0 Å². The molecule has 0 radical (unpaired) electrons. The van der Waals surface area contributed by atoms with Gasteiger partial charge in [0, 0.05) is 23.9 Å². The van der Waals surface area contributed by atoms with E-state index < -0.39 is 0 Å². The van der Waals surface area contributed by atoms with E-state index in [0.29, 0.717) is 12.0 Å². The lowest BCUT2D eigenvalue weighted by Gasteiger charge is -2.34. The number of nitro benzene ring substituents is 1. The Bertz CT molecular complexity index is 456. The third-order valence-corrected chi connectivity index (χ3v) is 4.24. The van der Waals surface area contributed by atoms with E-state index in [0.717, 1.165) is 25.3 Å². The van der Waals surface area contributed by atoms with E-state index >= 15 is 0 Å². The second kappa shape index (κ2) is 6.70. The van der Waals surface area contributed by atoms with Crippen molar-refractivity contribution in [2.75, 3.05) is 25.0 Å².